The molecule has 2 fully saturated rings. The maximum absolute atomic E-state index is 16.8. The number of benzene rings is 2. The Bertz CT molecular complexity index is 1990. The van der Waals surface area contributed by atoms with Crippen molar-refractivity contribution in [2.24, 2.45) is 0 Å². The van der Waals surface area contributed by atoms with Gasteiger partial charge in [0.1, 0.15) is 35.9 Å². The zero-order chi connectivity index (χ0) is 35.6. The van der Waals surface area contributed by atoms with E-state index in [4.69, 9.17) is 16.3 Å². The number of amides is 1. The summed E-state index contributed by atoms with van der Waals surface area (Å²) in [6, 6.07) is 10.4. The lowest BCUT2D eigenvalue weighted by atomic mass is 9.94. The van der Waals surface area contributed by atoms with E-state index in [0.717, 1.165) is 11.8 Å². The maximum Gasteiger partial charge on any atom is 0.410 e. The molecular formula is C39H45ClF2N4O2Si. The van der Waals surface area contributed by atoms with E-state index in [2.05, 4.69) is 67.9 Å². The molecule has 2 aliphatic heterocycles. The van der Waals surface area contributed by atoms with E-state index in [1.165, 1.54) is 6.07 Å². The number of ether oxygens (including phenoxy) is 1. The first-order valence-electron chi connectivity index (χ1n) is 17.2. The number of likely N-dealkylation sites (tertiary alicyclic amines) is 1. The summed E-state index contributed by atoms with van der Waals surface area (Å²) in [7, 11) is -2.19. The van der Waals surface area contributed by atoms with Crippen LogP contribution in [0.2, 0.25) is 21.8 Å². The summed E-state index contributed by atoms with van der Waals surface area (Å²) in [5.41, 5.74) is 5.75. The highest BCUT2D eigenvalue weighted by Gasteiger charge is 2.50. The minimum atomic E-state index is -2.19. The van der Waals surface area contributed by atoms with Crippen molar-refractivity contribution < 1.29 is 18.3 Å². The van der Waals surface area contributed by atoms with Gasteiger partial charge in [-0.1, -0.05) is 83.3 Å². The molecule has 2 saturated heterocycles. The first-order chi connectivity index (χ1) is 23.0. The van der Waals surface area contributed by atoms with Gasteiger partial charge in [0.25, 0.3) is 0 Å². The first-order valence-corrected chi connectivity index (χ1v) is 19.8. The van der Waals surface area contributed by atoms with Crippen molar-refractivity contribution in [3.63, 3.8) is 0 Å². The molecule has 0 unspecified atom stereocenters. The fourth-order valence-corrected chi connectivity index (χ4v) is 13.6. The second kappa shape index (κ2) is 12.9. The molecule has 10 heteroatoms. The van der Waals surface area contributed by atoms with Crippen molar-refractivity contribution in [2.75, 3.05) is 18.0 Å². The average Bonchev–Trinajstić information content (AvgIpc) is 3.33. The van der Waals surface area contributed by atoms with Gasteiger partial charge in [-0.05, 0) is 61.3 Å². The van der Waals surface area contributed by atoms with Crippen LogP contribution >= 0.6 is 11.6 Å². The third-order valence-corrected chi connectivity index (χ3v) is 17.0. The summed E-state index contributed by atoms with van der Waals surface area (Å²) < 4.78 is 38.2. The van der Waals surface area contributed by atoms with Crippen LogP contribution in [0.1, 0.15) is 74.3 Å². The predicted octanol–water partition coefficient (Wildman–Crippen LogP) is 10.1. The normalized spacial score (nSPS) is 17.9. The molecule has 4 aromatic rings. The maximum atomic E-state index is 16.8. The average molecular weight is 703 g/mol. The summed E-state index contributed by atoms with van der Waals surface area (Å²) in [5.74, 6) is 2.23. The summed E-state index contributed by atoms with van der Waals surface area (Å²) in [5, 5.41) is 1.95. The Hall–Kier alpha value is -3.74. The van der Waals surface area contributed by atoms with Gasteiger partial charge in [-0.2, -0.15) is 0 Å². The number of nitrogens with zero attached hydrogens (tertiary/aromatic N) is 4. The van der Waals surface area contributed by atoms with Crippen molar-refractivity contribution in [3.8, 4) is 22.7 Å². The molecule has 0 aliphatic carbocycles. The lowest BCUT2D eigenvalue weighted by Gasteiger charge is -2.48. The topological polar surface area (TPSA) is 58.6 Å². The molecule has 4 heterocycles. The Kier molecular flexibility index (Phi) is 9.21. The van der Waals surface area contributed by atoms with Gasteiger partial charge in [-0.25, -0.2) is 18.6 Å². The van der Waals surface area contributed by atoms with Gasteiger partial charge in [-0.15, -0.1) is 5.54 Å². The highest BCUT2D eigenvalue weighted by atomic mass is 35.5. The van der Waals surface area contributed by atoms with E-state index >= 15 is 8.78 Å². The zero-order valence-corrected chi connectivity index (χ0v) is 31.5. The van der Waals surface area contributed by atoms with E-state index in [1.807, 2.05) is 32.9 Å². The highest BCUT2D eigenvalue weighted by Crippen LogP contribution is 2.44. The predicted molar refractivity (Wildman–Crippen MR) is 198 cm³/mol. The Balaban J connectivity index is 1.44. The quantitative estimate of drug-likeness (QED) is 0.118. The molecule has 2 aromatic heterocycles. The number of fused-ring (bicyclic) bond motifs is 3. The molecule has 0 radical (unpaired) electrons. The van der Waals surface area contributed by atoms with Crippen LogP contribution in [0.15, 0.2) is 42.6 Å². The molecule has 6 rings (SSSR count). The van der Waals surface area contributed by atoms with Gasteiger partial charge < -0.3 is 14.5 Å². The summed E-state index contributed by atoms with van der Waals surface area (Å²) in [4.78, 5) is 25.9. The zero-order valence-electron chi connectivity index (χ0n) is 29.8. The molecule has 6 nitrogen and oxygen atoms in total. The minimum Gasteiger partial charge on any atom is -0.444 e. The number of halogens is 3. The van der Waals surface area contributed by atoms with E-state index in [1.54, 1.807) is 29.3 Å². The van der Waals surface area contributed by atoms with E-state index < -0.39 is 25.3 Å². The van der Waals surface area contributed by atoms with Gasteiger partial charge >= 0.3 is 6.09 Å². The van der Waals surface area contributed by atoms with Crippen LogP contribution in [0.4, 0.5) is 19.3 Å². The van der Waals surface area contributed by atoms with Crippen LogP contribution in [0, 0.1) is 23.1 Å². The lowest BCUT2D eigenvalue weighted by molar-refractivity contribution is 0.0194. The molecule has 2 atom stereocenters. The Morgan fingerprint density at radius 3 is 2.39 bits per heavy atom. The minimum absolute atomic E-state index is 0.0112. The van der Waals surface area contributed by atoms with Crippen molar-refractivity contribution in [1.29, 1.82) is 0 Å². The Morgan fingerprint density at radius 1 is 1.04 bits per heavy atom. The number of hydrogen-bond acceptors (Lipinski definition) is 5. The number of hydrogen-bond donors (Lipinski definition) is 0. The van der Waals surface area contributed by atoms with Gasteiger partial charge in [0.05, 0.1) is 23.3 Å². The van der Waals surface area contributed by atoms with Gasteiger partial charge in [-0.3, -0.25) is 4.98 Å². The van der Waals surface area contributed by atoms with Gasteiger partial charge in [0, 0.05) is 35.6 Å². The van der Waals surface area contributed by atoms with Crippen molar-refractivity contribution >= 4 is 53.1 Å². The molecule has 2 aliphatic rings. The Morgan fingerprint density at radius 2 is 1.73 bits per heavy atom. The van der Waals surface area contributed by atoms with Crippen molar-refractivity contribution in [2.45, 2.75) is 103 Å². The summed E-state index contributed by atoms with van der Waals surface area (Å²) in [6.45, 7) is 20.0. The Labute approximate surface area is 294 Å². The number of rotatable bonds is 5. The van der Waals surface area contributed by atoms with Crippen LogP contribution in [0.25, 0.3) is 32.9 Å². The second-order valence-corrected chi connectivity index (χ2v) is 21.3. The fraction of sp³-hybridized carbons (Fsp3) is 0.462. The first kappa shape index (κ1) is 35.1. The van der Waals surface area contributed by atoms with Crippen molar-refractivity contribution in [3.05, 3.63) is 64.9 Å². The molecule has 2 aromatic carbocycles. The lowest BCUT2D eigenvalue weighted by Crippen LogP contribution is -2.63. The van der Waals surface area contributed by atoms with Crippen molar-refractivity contribution in [1.82, 2.24) is 14.9 Å². The smallest absolute Gasteiger partial charge is 0.410 e. The van der Waals surface area contributed by atoms with Crippen LogP contribution in [-0.2, 0) is 4.74 Å². The molecule has 0 N–H and O–H groups in total. The van der Waals surface area contributed by atoms with Crippen LogP contribution in [-0.4, -0.2) is 59.8 Å². The summed E-state index contributed by atoms with van der Waals surface area (Å²) >= 11 is 6.54. The molecule has 0 bridgehead atoms. The van der Waals surface area contributed by atoms with E-state index in [-0.39, 0.29) is 40.1 Å². The number of carbonyl (C=O) groups is 1. The SMILES string of the molecule is CC(C)[Si](C#Cc1c(F)ccc2cccc(-c3ncc4c(N5C[C@@H]6[C@H]5CCN6C(=O)OC(C)(C)C)cc(Cl)nc4c3F)c12)(C(C)C)C(C)C. The summed E-state index contributed by atoms with van der Waals surface area (Å²) in [6.07, 6.45) is 2.05. The van der Waals surface area contributed by atoms with Gasteiger partial charge in [0.15, 0.2) is 5.82 Å². The van der Waals surface area contributed by atoms with Crippen LogP contribution in [0.5, 0.6) is 0 Å². The fourth-order valence-electron chi connectivity index (χ4n) is 8.25. The second-order valence-electron chi connectivity index (χ2n) is 15.4. The third-order valence-electron chi connectivity index (χ3n) is 10.5. The standard InChI is InChI=1S/C39H45ClF2N4O2Si/c1-22(2)49(23(3)4,24(5)6)18-16-26-29(41)14-13-25-11-10-12-27(34(25)26)36-35(42)37-28(20-43-36)31(19-33(40)44-37)46-21-32-30(46)15-17-45(32)38(47)48-39(7,8)9/h10-14,19-20,22-24,30,32H,15,17,21H2,1-9H3/t30-,32-/m1/s1. The molecule has 0 spiro atoms. The number of anilines is 1. The number of pyridine rings is 2. The van der Waals surface area contributed by atoms with Gasteiger partial charge in [0.2, 0.25) is 0 Å². The molecule has 1 amide bonds. The molecular weight excluding hydrogens is 658 g/mol. The molecule has 49 heavy (non-hydrogen) atoms. The van der Waals surface area contributed by atoms with Crippen LogP contribution in [0.3, 0.4) is 0 Å². The van der Waals surface area contributed by atoms with Crippen LogP contribution < -0.4 is 4.90 Å². The monoisotopic (exact) mass is 702 g/mol. The highest BCUT2D eigenvalue weighted by molar-refractivity contribution is 6.90. The van der Waals surface area contributed by atoms with E-state index in [0.29, 0.717) is 51.7 Å². The number of carbonyl (C=O) groups excluding carboxylic acids is 1. The van der Waals surface area contributed by atoms with E-state index in [9.17, 15) is 4.79 Å². The third kappa shape index (κ3) is 6.05. The largest absolute Gasteiger partial charge is 0.444 e. The molecule has 0 saturated carbocycles. The number of aromatic nitrogens is 2. The molecule has 258 valence electrons.